The molecule has 1 N–H and O–H groups in total. The number of anilines is 1. The molecule has 7 heteroatoms. The lowest BCUT2D eigenvalue weighted by Gasteiger charge is -2.15. The van der Waals surface area contributed by atoms with Crippen LogP contribution in [-0.2, 0) is 9.53 Å². The number of esters is 1. The highest BCUT2D eigenvalue weighted by atomic mass is 35.5. The van der Waals surface area contributed by atoms with Crippen molar-refractivity contribution < 1.29 is 23.8 Å². The van der Waals surface area contributed by atoms with E-state index in [1.165, 1.54) is 6.92 Å². The minimum atomic E-state index is -0.977. The molecule has 0 aromatic heterocycles. The van der Waals surface area contributed by atoms with Crippen LogP contribution in [0, 0.1) is 0 Å². The summed E-state index contributed by atoms with van der Waals surface area (Å²) < 4.78 is 16.2. The van der Waals surface area contributed by atoms with Gasteiger partial charge in [-0.3, -0.25) is 4.79 Å². The average Bonchev–Trinajstić information content (AvgIpc) is 2.65. The average molecular weight is 392 g/mol. The molecule has 0 saturated carbocycles. The van der Waals surface area contributed by atoms with Gasteiger partial charge in [0.05, 0.1) is 18.8 Å². The third kappa shape index (κ3) is 5.89. The van der Waals surface area contributed by atoms with Crippen LogP contribution in [-0.4, -0.2) is 31.2 Å². The number of carbonyl (C=O) groups is 2. The SMILES string of the molecule is CCOc1ccc(C(=O)O[C@@H](C)C(=O)Nc2ccc(Cl)cc2)cc1OCC. The summed E-state index contributed by atoms with van der Waals surface area (Å²) in [5.74, 6) is -0.0732. The van der Waals surface area contributed by atoms with E-state index in [9.17, 15) is 9.59 Å². The molecule has 0 fully saturated rings. The van der Waals surface area contributed by atoms with E-state index in [0.717, 1.165) is 0 Å². The Hall–Kier alpha value is -2.73. The Kier molecular flexibility index (Phi) is 7.49. The number of amides is 1. The van der Waals surface area contributed by atoms with Crippen LogP contribution in [0.3, 0.4) is 0 Å². The number of halogens is 1. The van der Waals surface area contributed by atoms with Crippen molar-refractivity contribution in [3.05, 3.63) is 53.1 Å². The van der Waals surface area contributed by atoms with Gasteiger partial charge in [0.2, 0.25) is 0 Å². The molecule has 2 rings (SSSR count). The van der Waals surface area contributed by atoms with Gasteiger partial charge in [0.1, 0.15) is 0 Å². The summed E-state index contributed by atoms with van der Waals surface area (Å²) in [6.45, 7) is 6.11. The van der Waals surface area contributed by atoms with Crippen LogP contribution in [0.25, 0.3) is 0 Å². The molecule has 1 amide bonds. The largest absolute Gasteiger partial charge is 0.490 e. The summed E-state index contributed by atoms with van der Waals surface area (Å²) in [5.41, 5.74) is 0.833. The van der Waals surface area contributed by atoms with Gasteiger partial charge in [-0.1, -0.05) is 11.6 Å². The molecular formula is C20H22ClNO5. The smallest absolute Gasteiger partial charge is 0.339 e. The van der Waals surface area contributed by atoms with Gasteiger partial charge < -0.3 is 19.5 Å². The second-order valence-corrected chi connectivity index (χ2v) is 6.01. The Morgan fingerprint density at radius 1 is 1.00 bits per heavy atom. The van der Waals surface area contributed by atoms with Crippen molar-refractivity contribution in [2.24, 2.45) is 0 Å². The third-order valence-corrected chi connectivity index (χ3v) is 3.80. The lowest BCUT2D eigenvalue weighted by Crippen LogP contribution is -2.30. The van der Waals surface area contributed by atoms with Crippen molar-refractivity contribution in [3.63, 3.8) is 0 Å². The molecule has 2 aromatic rings. The molecule has 0 aliphatic rings. The Morgan fingerprint density at radius 2 is 1.63 bits per heavy atom. The van der Waals surface area contributed by atoms with Crippen LogP contribution in [0.1, 0.15) is 31.1 Å². The molecule has 0 aliphatic carbocycles. The first-order chi connectivity index (χ1) is 12.9. The normalized spacial score (nSPS) is 11.4. The molecule has 0 bridgehead atoms. The van der Waals surface area contributed by atoms with Crippen molar-refractivity contribution in [3.8, 4) is 11.5 Å². The third-order valence-electron chi connectivity index (χ3n) is 3.54. The second-order valence-electron chi connectivity index (χ2n) is 5.57. The van der Waals surface area contributed by atoms with Crippen molar-refractivity contribution in [2.45, 2.75) is 26.9 Å². The number of benzene rings is 2. The summed E-state index contributed by atoms with van der Waals surface area (Å²) in [4.78, 5) is 24.6. The standard InChI is InChI=1S/C20H22ClNO5/c1-4-25-17-11-6-14(12-18(17)26-5-2)20(24)27-13(3)19(23)22-16-9-7-15(21)8-10-16/h6-13H,4-5H2,1-3H3,(H,22,23)/t13-/m0/s1. The summed E-state index contributed by atoms with van der Waals surface area (Å²) >= 11 is 5.81. The van der Waals surface area contributed by atoms with E-state index in [4.69, 9.17) is 25.8 Å². The molecule has 144 valence electrons. The molecule has 0 heterocycles. The van der Waals surface area contributed by atoms with Gasteiger partial charge in [0.25, 0.3) is 5.91 Å². The Morgan fingerprint density at radius 3 is 2.26 bits per heavy atom. The summed E-state index contributed by atoms with van der Waals surface area (Å²) in [6, 6.07) is 11.4. The van der Waals surface area contributed by atoms with Crippen LogP contribution in [0.2, 0.25) is 5.02 Å². The van der Waals surface area contributed by atoms with Crippen molar-refractivity contribution >= 4 is 29.2 Å². The Balaban J connectivity index is 2.03. The predicted octanol–water partition coefficient (Wildman–Crippen LogP) is 4.32. The monoisotopic (exact) mass is 391 g/mol. The maximum atomic E-state index is 12.4. The minimum Gasteiger partial charge on any atom is -0.490 e. The molecule has 0 radical (unpaired) electrons. The van der Waals surface area contributed by atoms with Crippen molar-refractivity contribution in [2.75, 3.05) is 18.5 Å². The van der Waals surface area contributed by atoms with Crippen molar-refractivity contribution in [1.82, 2.24) is 0 Å². The number of hydrogen-bond acceptors (Lipinski definition) is 5. The first-order valence-electron chi connectivity index (χ1n) is 8.61. The Labute approximate surface area is 163 Å². The van der Waals surface area contributed by atoms with Crippen LogP contribution in [0.4, 0.5) is 5.69 Å². The molecule has 2 aromatic carbocycles. The van der Waals surface area contributed by atoms with Gasteiger partial charge >= 0.3 is 5.97 Å². The first-order valence-corrected chi connectivity index (χ1v) is 8.99. The summed E-state index contributed by atoms with van der Waals surface area (Å²) in [5, 5.41) is 3.23. The number of hydrogen-bond donors (Lipinski definition) is 1. The van der Waals surface area contributed by atoms with Crippen molar-refractivity contribution in [1.29, 1.82) is 0 Å². The number of carbonyl (C=O) groups excluding carboxylic acids is 2. The molecule has 0 saturated heterocycles. The lowest BCUT2D eigenvalue weighted by atomic mass is 10.2. The fraction of sp³-hybridized carbons (Fsp3) is 0.300. The predicted molar refractivity (Wildman–Crippen MR) is 104 cm³/mol. The first kappa shape index (κ1) is 20.6. The van der Waals surface area contributed by atoms with E-state index < -0.39 is 18.0 Å². The lowest BCUT2D eigenvalue weighted by molar-refractivity contribution is -0.123. The molecule has 1 atom stereocenters. The molecule has 6 nitrogen and oxygen atoms in total. The zero-order valence-corrected chi connectivity index (χ0v) is 16.2. The highest BCUT2D eigenvalue weighted by Gasteiger charge is 2.20. The number of nitrogens with one attached hydrogen (secondary N) is 1. The van der Waals surface area contributed by atoms with E-state index in [0.29, 0.717) is 35.4 Å². The quantitative estimate of drug-likeness (QED) is 0.678. The second kappa shape index (κ2) is 9.83. The molecule has 0 unspecified atom stereocenters. The van der Waals surface area contributed by atoms with Crippen LogP contribution >= 0.6 is 11.6 Å². The minimum absolute atomic E-state index is 0.271. The van der Waals surface area contributed by atoms with E-state index in [1.54, 1.807) is 42.5 Å². The van der Waals surface area contributed by atoms with Gasteiger partial charge in [-0.25, -0.2) is 4.79 Å². The zero-order chi connectivity index (χ0) is 19.8. The fourth-order valence-electron chi connectivity index (χ4n) is 2.24. The van der Waals surface area contributed by atoms with E-state index in [2.05, 4.69) is 5.32 Å². The van der Waals surface area contributed by atoms with Gasteiger partial charge in [-0.2, -0.15) is 0 Å². The van der Waals surface area contributed by atoms with E-state index in [-0.39, 0.29) is 5.56 Å². The van der Waals surface area contributed by atoms with Crippen LogP contribution < -0.4 is 14.8 Å². The van der Waals surface area contributed by atoms with Gasteiger partial charge in [0.15, 0.2) is 17.6 Å². The van der Waals surface area contributed by atoms with Gasteiger partial charge in [-0.05, 0) is 63.2 Å². The van der Waals surface area contributed by atoms with E-state index in [1.807, 2.05) is 13.8 Å². The van der Waals surface area contributed by atoms with Crippen LogP contribution in [0.15, 0.2) is 42.5 Å². The Bertz CT molecular complexity index is 791. The molecular weight excluding hydrogens is 370 g/mol. The fourth-order valence-corrected chi connectivity index (χ4v) is 2.36. The number of rotatable bonds is 8. The molecule has 0 aliphatic heterocycles. The highest BCUT2D eigenvalue weighted by Crippen LogP contribution is 2.29. The summed E-state index contributed by atoms with van der Waals surface area (Å²) in [7, 11) is 0. The van der Waals surface area contributed by atoms with E-state index >= 15 is 0 Å². The summed E-state index contributed by atoms with van der Waals surface area (Å²) in [6.07, 6.45) is -0.977. The number of ether oxygens (including phenoxy) is 3. The maximum Gasteiger partial charge on any atom is 0.339 e. The van der Waals surface area contributed by atoms with Crippen LogP contribution in [0.5, 0.6) is 11.5 Å². The maximum absolute atomic E-state index is 12.4. The topological polar surface area (TPSA) is 73.9 Å². The highest BCUT2D eigenvalue weighted by molar-refractivity contribution is 6.30. The van der Waals surface area contributed by atoms with Gasteiger partial charge in [0, 0.05) is 10.7 Å². The zero-order valence-electron chi connectivity index (χ0n) is 15.5. The molecule has 0 spiro atoms. The van der Waals surface area contributed by atoms with Gasteiger partial charge in [-0.15, -0.1) is 0 Å². The molecule has 27 heavy (non-hydrogen) atoms.